The van der Waals surface area contributed by atoms with Gasteiger partial charge in [0.25, 0.3) is 0 Å². The zero-order valence-corrected chi connectivity index (χ0v) is 12.0. The van der Waals surface area contributed by atoms with E-state index in [9.17, 15) is 5.11 Å². The lowest BCUT2D eigenvalue weighted by atomic mass is 9.80. The molecule has 2 rings (SSSR count). The van der Waals surface area contributed by atoms with Crippen molar-refractivity contribution in [2.24, 2.45) is 11.3 Å². The zero-order valence-electron chi connectivity index (χ0n) is 12.0. The molecule has 1 aliphatic rings. The van der Waals surface area contributed by atoms with Crippen LogP contribution in [0.5, 0.6) is 0 Å². The molecule has 2 atom stereocenters. The molecule has 0 saturated carbocycles. The van der Waals surface area contributed by atoms with Crippen LogP contribution in [0.2, 0.25) is 0 Å². The van der Waals surface area contributed by atoms with Crippen molar-refractivity contribution in [3.05, 3.63) is 29.8 Å². The molecular formula is C16H25NO. The summed E-state index contributed by atoms with van der Waals surface area (Å²) in [5.41, 5.74) is 2.63. The molecule has 2 heteroatoms. The Morgan fingerprint density at radius 1 is 1.28 bits per heavy atom. The van der Waals surface area contributed by atoms with Gasteiger partial charge in [0.1, 0.15) is 0 Å². The molecule has 2 nitrogen and oxygen atoms in total. The Morgan fingerprint density at radius 2 is 1.94 bits per heavy atom. The van der Waals surface area contributed by atoms with E-state index < -0.39 is 6.10 Å². The molecule has 1 aromatic carbocycles. The molecule has 0 bridgehead atoms. The van der Waals surface area contributed by atoms with Gasteiger partial charge in [-0.3, -0.25) is 0 Å². The Balaban J connectivity index is 2.19. The van der Waals surface area contributed by atoms with Gasteiger partial charge in [-0.05, 0) is 30.7 Å². The van der Waals surface area contributed by atoms with Crippen LogP contribution in [0.1, 0.15) is 45.8 Å². The summed E-state index contributed by atoms with van der Waals surface area (Å²) in [7, 11) is 0. The number of hydrogen-bond acceptors (Lipinski definition) is 2. The maximum absolute atomic E-state index is 9.86. The molecule has 1 unspecified atom stereocenters. The van der Waals surface area contributed by atoms with E-state index in [-0.39, 0.29) is 0 Å². The molecule has 1 fully saturated rings. The van der Waals surface area contributed by atoms with Gasteiger partial charge in [0.2, 0.25) is 0 Å². The van der Waals surface area contributed by atoms with Crippen molar-refractivity contribution >= 4 is 5.69 Å². The zero-order chi connectivity index (χ0) is 13.3. The summed E-state index contributed by atoms with van der Waals surface area (Å²) >= 11 is 0. The van der Waals surface area contributed by atoms with E-state index in [0.29, 0.717) is 5.41 Å². The minimum Gasteiger partial charge on any atom is -0.389 e. The number of rotatable bonds is 2. The predicted octanol–water partition coefficient (Wildman–Crippen LogP) is 3.61. The molecule has 0 radical (unpaired) electrons. The summed E-state index contributed by atoms with van der Waals surface area (Å²) in [6.07, 6.45) is 0.854. The highest BCUT2D eigenvalue weighted by molar-refractivity contribution is 5.55. The summed E-state index contributed by atoms with van der Waals surface area (Å²) < 4.78 is 0. The average Bonchev–Trinajstić information content (AvgIpc) is 2.77. The fraction of sp³-hybridized carbons (Fsp3) is 0.625. The Kier molecular flexibility index (Phi) is 3.67. The first kappa shape index (κ1) is 13.4. The first-order chi connectivity index (χ1) is 8.39. The van der Waals surface area contributed by atoms with Crippen LogP contribution >= 0.6 is 0 Å². The summed E-state index contributed by atoms with van der Waals surface area (Å²) in [5.74, 6) is 0.736. The monoisotopic (exact) mass is 247 g/mol. The highest BCUT2D eigenvalue weighted by Crippen LogP contribution is 2.37. The van der Waals surface area contributed by atoms with Crippen molar-refractivity contribution in [3.8, 4) is 0 Å². The van der Waals surface area contributed by atoms with E-state index in [1.165, 1.54) is 12.1 Å². The van der Waals surface area contributed by atoms with Gasteiger partial charge in [0.15, 0.2) is 0 Å². The van der Waals surface area contributed by atoms with Crippen LogP contribution in [0.25, 0.3) is 0 Å². The van der Waals surface area contributed by atoms with Crippen molar-refractivity contribution in [2.45, 2.75) is 40.2 Å². The van der Waals surface area contributed by atoms with Crippen molar-refractivity contribution in [3.63, 3.8) is 0 Å². The molecule has 1 aliphatic heterocycles. The second-order valence-corrected chi connectivity index (χ2v) is 6.53. The number of anilines is 1. The summed E-state index contributed by atoms with van der Waals surface area (Å²) in [6, 6.07) is 8.23. The van der Waals surface area contributed by atoms with Gasteiger partial charge >= 0.3 is 0 Å². The summed E-state index contributed by atoms with van der Waals surface area (Å²) in [5, 5.41) is 9.86. The Labute approximate surface area is 111 Å². The summed E-state index contributed by atoms with van der Waals surface area (Å²) in [6.45, 7) is 11.0. The number of benzene rings is 1. The van der Waals surface area contributed by atoms with E-state index in [1.54, 1.807) is 0 Å². The van der Waals surface area contributed by atoms with Crippen molar-refractivity contribution in [1.82, 2.24) is 0 Å². The lowest BCUT2D eigenvalue weighted by Crippen LogP contribution is -2.26. The molecule has 1 saturated heterocycles. The fourth-order valence-electron chi connectivity index (χ4n) is 2.81. The molecule has 18 heavy (non-hydrogen) atoms. The van der Waals surface area contributed by atoms with E-state index >= 15 is 0 Å². The second kappa shape index (κ2) is 4.93. The van der Waals surface area contributed by atoms with Crippen LogP contribution in [0, 0.1) is 11.3 Å². The Bertz CT molecular complexity index is 406. The SMILES string of the molecule is C[C@H](O)c1ccccc1N1CCC(C(C)(C)C)C1. The Morgan fingerprint density at radius 3 is 2.50 bits per heavy atom. The molecular weight excluding hydrogens is 222 g/mol. The molecule has 1 heterocycles. The smallest absolute Gasteiger partial charge is 0.0781 e. The van der Waals surface area contributed by atoms with Crippen LogP contribution in [0.15, 0.2) is 24.3 Å². The first-order valence-corrected chi connectivity index (χ1v) is 6.91. The Hall–Kier alpha value is -1.02. The van der Waals surface area contributed by atoms with E-state index in [4.69, 9.17) is 0 Å². The van der Waals surface area contributed by atoms with Gasteiger partial charge in [0.05, 0.1) is 6.10 Å². The van der Waals surface area contributed by atoms with Crippen molar-refractivity contribution in [2.75, 3.05) is 18.0 Å². The molecule has 0 aromatic heterocycles. The molecule has 0 spiro atoms. The van der Waals surface area contributed by atoms with Gasteiger partial charge in [0, 0.05) is 24.3 Å². The van der Waals surface area contributed by atoms with E-state index in [1.807, 2.05) is 19.1 Å². The van der Waals surface area contributed by atoms with Crippen molar-refractivity contribution < 1.29 is 5.11 Å². The number of aliphatic hydroxyl groups is 1. The minimum absolute atomic E-state index is 0.370. The summed E-state index contributed by atoms with van der Waals surface area (Å²) in [4.78, 5) is 2.43. The first-order valence-electron chi connectivity index (χ1n) is 6.91. The third-order valence-electron chi connectivity index (χ3n) is 4.14. The van der Waals surface area contributed by atoms with Crippen LogP contribution in [0.3, 0.4) is 0 Å². The van der Waals surface area contributed by atoms with Gasteiger partial charge in [-0.25, -0.2) is 0 Å². The molecule has 1 N–H and O–H groups in total. The lowest BCUT2D eigenvalue weighted by molar-refractivity contribution is 0.199. The van der Waals surface area contributed by atoms with Gasteiger partial charge in [-0.1, -0.05) is 39.0 Å². The number of nitrogens with zero attached hydrogens (tertiary/aromatic N) is 1. The lowest BCUT2D eigenvalue weighted by Gasteiger charge is -2.28. The fourth-order valence-corrected chi connectivity index (χ4v) is 2.81. The third kappa shape index (κ3) is 2.69. The van der Waals surface area contributed by atoms with Gasteiger partial charge in [-0.2, -0.15) is 0 Å². The van der Waals surface area contributed by atoms with Gasteiger partial charge in [-0.15, -0.1) is 0 Å². The third-order valence-corrected chi connectivity index (χ3v) is 4.14. The minimum atomic E-state index is -0.394. The predicted molar refractivity (Wildman–Crippen MR) is 76.9 cm³/mol. The van der Waals surface area contributed by atoms with Crippen LogP contribution < -0.4 is 4.90 Å². The normalized spacial score (nSPS) is 22.3. The molecule has 0 amide bonds. The molecule has 0 aliphatic carbocycles. The highest BCUT2D eigenvalue weighted by Gasteiger charge is 2.32. The molecule has 100 valence electrons. The number of hydrogen-bond donors (Lipinski definition) is 1. The quantitative estimate of drug-likeness (QED) is 0.863. The maximum atomic E-state index is 9.86. The van der Waals surface area contributed by atoms with Gasteiger partial charge < -0.3 is 10.0 Å². The number of aliphatic hydroxyl groups excluding tert-OH is 1. The van der Waals surface area contributed by atoms with Crippen LogP contribution in [0.4, 0.5) is 5.69 Å². The standard InChI is InChI=1S/C16H25NO/c1-12(18)14-7-5-6-8-15(14)17-10-9-13(11-17)16(2,3)4/h5-8,12-13,18H,9-11H2,1-4H3/t12-,13?/m0/s1. The maximum Gasteiger partial charge on any atom is 0.0781 e. The van der Waals surface area contributed by atoms with Crippen LogP contribution in [-0.2, 0) is 0 Å². The van der Waals surface area contributed by atoms with Crippen molar-refractivity contribution in [1.29, 1.82) is 0 Å². The van der Waals surface area contributed by atoms with E-state index in [0.717, 1.165) is 24.6 Å². The van der Waals surface area contributed by atoms with Crippen LogP contribution in [-0.4, -0.2) is 18.2 Å². The molecule has 1 aromatic rings. The average molecular weight is 247 g/mol. The number of para-hydroxylation sites is 1. The topological polar surface area (TPSA) is 23.5 Å². The highest BCUT2D eigenvalue weighted by atomic mass is 16.3. The second-order valence-electron chi connectivity index (χ2n) is 6.53. The van der Waals surface area contributed by atoms with E-state index in [2.05, 4.69) is 37.8 Å². The largest absolute Gasteiger partial charge is 0.389 e.